The summed E-state index contributed by atoms with van der Waals surface area (Å²) in [6, 6.07) is 8.11. The maximum atomic E-state index is 14.0. The number of piperazine rings is 1. The van der Waals surface area contributed by atoms with Crippen molar-refractivity contribution in [1.29, 1.82) is 0 Å². The lowest BCUT2D eigenvalue weighted by Gasteiger charge is -2.35. The normalized spacial score (nSPS) is 14.2. The van der Waals surface area contributed by atoms with Gasteiger partial charge in [0.05, 0.1) is 12.2 Å². The maximum absolute atomic E-state index is 14.0. The van der Waals surface area contributed by atoms with Crippen molar-refractivity contribution in [3.63, 3.8) is 0 Å². The van der Waals surface area contributed by atoms with Crippen LogP contribution in [-0.4, -0.2) is 59.5 Å². The van der Waals surface area contributed by atoms with Gasteiger partial charge in [-0.25, -0.2) is 4.39 Å². The second-order valence-corrected chi connectivity index (χ2v) is 9.92. The van der Waals surface area contributed by atoms with Crippen LogP contribution in [0.1, 0.15) is 12.7 Å². The molecule has 0 atom stereocenters. The van der Waals surface area contributed by atoms with Crippen LogP contribution in [0.25, 0.3) is 0 Å². The van der Waals surface area contributed by atoms with Gasteiger partial charge in [-0.05, 0) is 17.9 Å². The fraction of sp³-hybridized carbons (Fsp3) is 0.364. The van der Waals surface area contributed by atoms with E-state index < -0.39 is 5.91 Å². The molecule has 1 aromatic carbocycles. The molecule has 0 unspecified atom stereocenters. The van der Waals surface area contributed by atoms with Crippen molar-refractivity contribution in [3.05, 3.63) is 58.4 Å². The summed E-state index contributed by atoms with van der Waals surface area (Å²) in [6.07, 6.45) is 1.22. The average Bonchev–Trinajstić information content (AvgIpc) is 3.26. The number of nitrogens with zero attached hydrogens (tertiary/aromatic N) is 4. The molecular formula is C22H24FN5O4S2. The summed E-state index contributed by atoms with van der Waals surface area (Å²) in [7, 11) is 0. The van der Waals surface area contributed by atoms with Gasteiger partial charge in [0, 0.05) is 32.2 Å². The molecule has 3 heterocycles. The highest BCUT2D eigenvalue weighted by atomic mass is 32.2. The molecule has 4 rings (SSSR count). The number of hydrogen-bond donors (Lipinski definition) is 1. The molecule has 1 saturated heterocycles. The zero-order valence-electron chi connectivity index (χ0n) is 18.5. The Hall–Kier alpha value is -2.96. The van der Waals surface area contributed by atoms with Crippen molar-refractivity contribution in [3.8, 4) is 5.75 Å². The molecule has 2 aromatic heterocycles. The van der Waals surface area contributed by atoms with Crippen molar-refractivity contribution in [2.75, 3.05) is 48.8 Å². The number of carbonyl (C=O) groups is 1. The number of aromatic nitrogens is 2. The van der Waals surface area contributed by atoms with Gasteiger partial charge in [0.15, 0.2) is 10.9 Å². The van der Waals surface area contributed by atoms with Gasteiger partial charge in [-0.15, -0.1) is 10.2 Å². The van der Waals surface area contributed by atoms with Crippen LogP contribution < -0.4 is 20.4 Å². The summed E-state index contributed by atoms with van der Waals surface area (Å²) in [5, 5.41) is 10.8. The van der Waals surface area contributed by atoms with Crippen LogP contribution in [0.3, 0.4) is 0 Å². The number of amides is 1. The first-order chi connectivity index (χ1) is 16.5. The number of benzene rings is 1. The molecule has 1 N–H and O–H groups in total. The van der Waals surface area contributed by atoms with E-state index in [1.165, 1.54) is 41.5 Å². The van der Waals surface area contributed by atoms with Crippen molar-refractivity contribution < 1.29 is 18.3 Å². The predicted molar refractivity (Wildman–Crippen MR) is 129 cm³/mol. The highest BCUT2D eigenvalue weighted by molar-refractivity contribution is 8.01. The summed E-state index contributed by atoms with van der Waals surface area (Å²) in [5.74, 6) is 0.648. The smallest absolute Gasteiger partial charge is 0.264 e. The second kappa shape index (κ2) is 11.4. The monoisotopic (exact) mass is 505 g/mol. The number of halogens is 1. The molecule has 0 saturated carbocycles. The fourth-order valence-electron chi connectivity index (χ4n) is 3.44. The lowest BCUT2D eigenvalue weighted by Crippen LogP contribution is -2.46. The molecule has 1 fully saturated rings. The molecule has 9 nitrogen and oxygen atoms in total. The minimum Gasteiger partial charge on any atom is -0.477 e. The summed E-state index contributed by atoms with van der Waals surface area (Å²) in [5.41, 5.74) is 0.238. The molecule has 0 bridgehead atoms. The third-order valence-corrected chi connectivity index (χ3v) is 6.93. The van der Waals surface area contributed by atoms with Crippen molar-refractivity contribution in [2.24, 2.45) is 0 Å². The lowest BCUT2D eigenvalue weighted by molar-refractivity contribution is -0.118. The Morgan fingerprint density at radius 2 is 2.06 bits per heavy atom. The zero-order valence-corrected chi connectivity index (χ0v) is 20.2. The van der Waals surface area contributed by atoms with E-state index in [1.54, 1.807) is 12.1 Å². The molecule has 0 aliphatic carbocycles. The largest absolute Gasteiger partial charge is 0.477 e. The number of ether oxygens (including phenoxy) is 1. The van der Waals surface area contributed by atoms with Gasteiger partial charge in [0.2, 0.25) is 16.3 Å². The first-order valence-corrected chi connectivity index (χ1v) is 12.5. The van der Waals surface area contributed by atoms with Crippen LogP contribution in [0.2, 0.25) is 0 Å². The molecule has 0 radical (unpaired) electrons. The number of hydrogen-bond acceptors (Lipinski definition) is 10. The van der Waals surface area contributed by atoms with Crippen LogP contribution in [-0.2, 0) is 11.3 Å². The van der Waals surface area contributed by atoms with Crippen LogP contribution in [0.5, 0.6) is 5.75 Å². The highest BCUT2D eigenvalue weighted by Crippen LogP contribution is 2.25. The van der Waals surface area contributed by atoms with Crippen LogP contribution in [0.15, 0.2) is 50.1 Å². The standard InChI is InChI=1S/C22H24FN5O4S2/c1-2-33-22-26-25-21(34-22)24-20(30)14-32-19-13-31-15(11-18(19)29)12-27-7-9-28(10-8-27)17-6-4-3-5-16(17)23/h3-6,11,13H,2,7-10,12,14H2,1H3,(H,24,25,30). The molecule has 12 heteroatoms. The van der Waals surface area contributed by atoms with E-state index in [1.807, 2.05) is 17.9 Å². The maximum Gasteiger partial charge on any atom is 0.264 e. The topological polar surface area (TPSA) is 101 Å². The summed E-state index contributed by atoms with van der Waals surface area (Å²) in [6.45, 7) is 4.88. The quantitative estimate of drug-likeness (QED) is 0.347. The number of thioether (sulfide) groups is 1. The summed E-state index contributed by atoms with van der Waals surface area (Å²) >= 11 is 2.81. The van der Waals surface area contributed by atoms with E-state index in [0.717, 1.165) is 10.1 Å². The van der Waals surface area contributed by atoms with Crippen LogP contribution >= 0.6 is 23.1 Å². The van der Waals surface area contributed by atoms with Crippen LogP contribution in [0.4, 0.5) is 15.2 Å². The van der Waals surface area contributed by atoms with E-state index >= 15 is 0 Å². The number of rotatable bonds is 9. The Bertz CT molecular complexity index is 1180. The molecule has 180 valence electrons. The second-order valence-electron chi connectivity index (χ2n) is 7.43. The van der Waals surface area contributed by atoms with Gasteiger partial charge in [-0.1, -0.05) is 42.2 Å². The minimum atomic E-state index is -0.444. The van der Waals surface area contributed by atoms with E-state index in [9.17, 15) is 14.0 Å². The van der Waals surface area contributed by atoms with E-state index in [2.05, 4.69) is 20.4 Å². The lowest BCUT2D eigenvalue weighted by atomic mass is 10.2. The van der Waals surface area contributed by atoms with Crippen molar-refractivity contribution in [2.45, 2.75) is 17.8 Å². The molecule has 1 aliphatic heterocycles. The van der Waals surface area contributed by atoms with E-state index in [4.69, 9.17) is 9.15 Å². The molecule has 1 aliphatic rings. The molecule has 0 spiro atoms. The molecule has 3 aromatic rings. The van der Waals surface area contributed by atoms with Gasteiger partial charge in [0.25, 0.3) is 5.91 Å². The average molecular weight is 506 g/mol. The number of carbonyl (C=O) groups excluding carboxylic acids is 1. The number of para-hydroxylation sites is 1. The number of nitrogens with one attached hydrogen (secondary N) is 1. The first kappa shape index (κ1) is 24.2. The highest BCUT2D eigenvalue weighted by Gasteiger charge is 2.20. The van der Waals surface area contributed by atoms with E-state index in [0.29, 0.717) is 49.3 Å². The summed E-state index contributed by atoms with van der Waals surface area (Å²) in [4.78, 5) is 28.6. The SMILES string of the molecule is CCSc1nnc(NC(=O)COc2coc(CN3CCN(c4ccccc4F)CC3)cc2=O)s1. The Morgan fingerprint density at radius 3 is 2.79 bits per heavy atom. The zero-order chi connectivity index (χ0) is 23.9. The van der Waals surface area contributed by atoms with Crippen LogP contribution in [0, 0.1) is 5.82 Å². The van der Waals surface area contributed by atoms with E-state index in [-0.39, 0.29) is 23.6 Å². The third kappa shape index (κ3) is 6.33. The Kier molecular flexibility index (Phi) is 8.14. The Morgan fingerprint density at radius 1 is 1.26 bits per heavy atom. The van der Waals surface area contributed by atoms with Gasteiger partial charge in [0.1, 0.15) is 17.8 Å². The Balaban J connectivity index is 1.25. The van der Waals surface area contributed by atoms with Gasteiger partial charge >= 0.3 is 0 Å². The van der Waals surface area contributed by atoms with Gasteiger partial charge < -0.3 is 14.1 Å². The first-order valence-electron chi connectivity index (χ1n) is 10.7. The molecule has 1 amide bonds. The van der Waals surface area contributed by atoms with Crippen molar-refractivity contribution in [1.82, 2.24) is 15.1 Å². The predicted octanol–water partition coefficient (Wildman–Crippen LogP) is 3.08. The fourth-order valence-corrected chi connectivity index (χ4v) is 5.11. The third-order valence-electron chi connectivity index (χ3n) is 5.08. The molecular weight excluding hydrogens is 481 g/mol. The Labute approximate surface area is 203 Å². The number of anilines is 2. The summed E-state index contributed by atoms with van der Waals surface area (Å²) < 4.78 is 25.7. The minimum absolute atomic E-state index is 0.0391. The van der Waals surface area contributed by atoms with Gasteiger partial charge in [-0.3, -0.25) is 19.8 Å². The molecule has 34 heavy (non-hydrogen) atoms. The van der Waals surface area contributed by atoms with Gasteiger partial charge in [-0.2, -0.15) is 0 Å². The van der Waals surface area contributed by atoms with Crippen molar-refractivity contribution >= 4 is 39.8 Å².